The molecule has 1 aliphatic rings. The highest BCUT2D eigenvalue weighted by molar-refractivity contribution is 9.10. The average molecular weight is 273 g/mol. The number of nitrogens with one attached hydrogen (secondary N) is 2. The maximum absolute atomic E-state index is 4.18. The van der Waals surface area contributed by atoms with E-state index in [1.807, 2.05) is 12.1 Å². The Morgan fingerprint density at radius 1 is 1.47 bits per heavy atom. The molecule has 2 rings (SSSR count). The van der Waals surface area contributed by atoms with E-state index < -0.39 is 0 Å². The molecule has 0 bridgehead atoms. The van der Waals surface area contributed by atoms with Crippen molar-refractivity contribution in [1.82, 2.24) is 25.9 Å². The van der Waals surface area contributed by atoms with Crippen LogP contribution in [-0.4, -0.2) is 26.7 Å². The maximum Gasteiger partial charge on any atom is 0.177 e. The minimum absolute atomic E-state index is 0.311. The molecule has 0 aliphatic carbocycles. The van der Waals surface area contributed by atoms with Crippen LogP contribution in [0.4, 0.5) is 0 Å². The Bertz CT molecular complexity index is 396. The van der Waals surface area contributed by atoms with Crippen LogP contribution in [0.15, 0.2) is 15.9 Å². The van der Waals surface area contributed by atoms with Gasteiger partial charge in [0.1, 0.15) is 4.60 Å². The monoisotopic (exact) mass is 272 g/mol. The number of aryl methyl sites for hydroxylation is 1. The number of halogens is 1. The summed E-state index contributed by atoms with van der Waals surface area (Å²) in [5, 5.41) is 10.3. The SMILES string of the molecule is CC(C)N1NNN=C1c1cnn(C)c1Br. The van der Waals surface area contributed by atoms with Crippen LogP contribution < -0.4 is 11.1 Å². The lowest BCUT2D eigenvalue weighted by molar-refractivity contribution is 0.246. The fourth-order valence-electron chi connectivity index (χ4n) is 1.37. The number of amidine groups is 1. The van der Waals surface area contributed by atoms with E-state index in [9.17, 15) is 0 Å². The third-order valence-corrected chi connectivity index (χ3v) is 3.12. The van der Waals surface area contributed by atoms with Crippen molar-refractivity contribution in [3.05, 3.63) is 16.4 Å². The van der Waals surface area contributed by atoms with E-state index >= 15 is 0 Å². The van der Waals surface area contributed by atoms with Crippen molar-refractivity contribution >= 4 is 21.8 Å². The van der Waals surface area contributed by atoms with Crippen LogP contribution in [0, 0.1) is 0 Å². The van der Waals surface area contributed by atoms with E-state index in [1.54, 1.807) is 10.9 Å². The predicted molar refractivity (Wildman–Crippen MR) is 60.7 cm³/mol. The van der Waals surface area contributed by atoms with Crippen LogP contribution in [0.1, 0.15) is 19.4 Å². The molecule has 0 amide bonds. The molecule has 0 saturated carbocycles. The zero-order valence-electron chi connectivity index (χ0n) is 8.82. The van der Waals surface area contributed by atoms with Crippen LogP contribution in [0.3, 0.4) is 0 Å². The summed E-state index contributed by atoms with van der Waals surface area (Å²) in [4.78, 5) is 0. The number of rotatable bonds is 2. The topological polar surface area (TPSA) is 57.5 Å². The van der Waals surface area contributed by atoms with Gasteiger partial charge in [-0.1, -0.05) is 0 Å². The van der Waals surface area contributed by atoms with Gasteiger partial charge < -0.3 is 0 Å². The summed E-state index contributed by atoms with van der Waals surface area (Å²) < 4.78 is 2.67. The highest BCUT2D eigenvalue weighted by Gasteiger charge is 2.24. The number of hydrazone groups is 1. The van der Waals surface area contributed by atoms with Gasteiger partial charge in [-0.15, -0.1) is 10.6 Å². The van der Waals surface area contributed by atoms with Crippen molar-refractivity contribution in [2.24, 2.45) is 12.1 Å². The summed E-state index contributed by atoms with van der Waals surface area (Å²) >= 11 is 3.47. The minimum atomic E-state index is 0.311. The summed E-state index contributed by atoms with van der Waals surface area (Å²) in [5.74, 6) is 0.838. The molecule has 82 valence electrons. The Balaban J connectivity index is 2.35. The standard InChI is InChI=1S/C8H13BrN6/c1-5(2)15-8(11-12-13-15)6-4-10-14(3)7(6)9/h4-5,12-13H,1-3H3. The summed E-state index contributed by atoms with van der Waals surface area (Å²) in [6, 6.07) is 0.311. The van der Waals surface area contributed by atoms with Crippen molar-refractivity contribution in [3.8, 4) is 0 Å². The normalized spacial score (nSPS) is 15.8. The van der Waals surface area contributed by atoms with E-state index in [-0.39, 0.29) is 0 Å². The lowest BCUT2D eigenvalue weighted by atomic mass is 10.3. The molecule has 0 unspecified atom stereocenters. The molecule has 0 radical (unpaired) electrons. The van der Waals surface area contributed by atoms with Crippen LogP contribution >= 0.6 is 15.9 Å². The molecular formula is C8H13BrN6. The first-order valence-corrected chi connectivity index (χ1v) is 5.46. The van der Waals surface area contributed by atoms with Gasteiger partial charge in [0.15, 0.2) is 5.84 Å². The second kappa shape index (κ2) is 3.82. The first kappa shape index (κ1) is 10.4. The highest BCUT2D eigenvalue weighted by Crippen LogP contribution is 2.19. The Morgan fingerprint density at radius 2 is 2.20 bits per heavy atom. The number of hydrazine groups is 2. The van der Waals surface area contributed by atoms with E-state index in [0.717, 1.165) is 16.0 Å². The molecule has 2 N–H and O–H groups in total. The van der Waals surface area contributed by atoms with E-state index in [4.69, 9.17) is 0 Å². The molecule has 1 aliphatic heterocycles. The van der Waals surface area contributed by atoms with Crippen LogP contribution in [0.2, 0.25) is 0 Å². The van der Waals surface area contributed by atoms with Crippen LogP contribution in [0.25, 0.3) is 0 Å². The van der Waals surface area contributed by atoms with Gasteiger partial charge in [-0.2, -0.15) is 5.10 Å². The van der Waals surface area contributed by atoms with Gasteiger partial charge in [0.2, 0.25) is 0 Å². The summed E-state index contributed by atoms with van der Waals surface area (Å²) in [5.41, 5.74) is 6.67. The van der Waals surface area contributed by atoms with Crippen LogP contribution in [0.5, 0.6) is 0 Å². The van der Waals surface area contributed by atoms with Gasteiger partial charge in [-0.25, -0.2) is 5.53 Å². The number of hydrogen-bond acceptors (Lipinski definition) is 5. The van der Waals surface area contributed by atoms with Gasteiger partial charge in [0.25, 0.3) is 0 Å². The highest BCUT2D eigenvalue weighted by atomic mass is 79.9. The van der Waals surface area contributed by atoms with Crippen molar-refractivity contribution in [2.45, 2.75) is 19.9 Å². The zero-order valence-corrected chi connectivity index (χ0v) is 10.4. The third-order valence-electron chi connectivity index (χ3n) is 2.18. The molecule has 0 spiro atoms. The first-order chi connectivity index (χ1) is 7.11. The zero-order chi connectivity index (χ0) is 11.0. The average Bonchev–Trinajstić information content (AvgIpc) is 2.75. The predicted octanol–water partition coefficient (Wildman–Crippen LogP) is 0.577. The lowest BCUT2D eigenvalue weighted by Gasteiger charge is -2.22. The molecule has 1 aromatic heterocycles. The molecule has 7 heteroatoms. The molecule has 0 saturated heterocycles. The summed E-state index contributed by atoms with van der Waals surface area (Å²) in [6.07, 6.45) is 1.78. The Morgan fingerprint density at radius 3 is 2.73 bits per heavy atom. The summed E-state index contributed by atoms with van der Waals surface area (Å²) in [6.45, 7) is 4.17. The van der Waals surface area contributed by atoms with Crippen molar-refractivity contribution < 1.29 is 0 Å². The Labute approximate surface area is 96.4 Å². The lowest BCUT2D eigenvalue weighted by Crippen LogP contribution is -2.45. The second-order valence-corrected chi connectivity index (χ2v) is 4.35. The van der Waals surface area contributed by atoms with Gasteiger partial charge in [0, 0.05) is 13.1 Å². The second-order valence-electron chi connectivity index (χ2n) is 3.60. The quantitative estimate of drug-likeness (QED) is 0.827. The molecular weight excluding hydrogens is 260 g/mol. The molecule has 2 heterocycles. The Kier molecular flexibility index (Phi) is 2.66. The minimum Gasteiger partial charge on any atom is -0.268 e. The molecule has 0 aromatic carbocycles. The van der Waals surface area contributed by atoms with Crippen molar-refractivity contribution in [1.29, 1.82) is 0 Å². The molecule has 6 nitrogen and oxygen atoms in total. The van der Waals surface area contributed by atoms with E-state index in [0.29, 0.717) is 6.04 Å². The first-order valence-electron chi connectivity index (χ1n) is 4.66. The summed E-state index contributed by atoms with van der Waals surface area (Å²) in [7, 11) is 1.88. The fraction of sp³-hybridized carbons (Fsp3) is 0.500. The largest absolute Gasteiger partial charge is 0.268 e. The van der Waals surface area contributed by atoms with Gasteiger partial charge >= 0.3 is 0 Å². The number of hydrogen-bond donors (Lipinski definition) is 2. The fourth-order valence-corrected chi connectivity index (χ4v) is 1.75. The maximum atomic E-state index is 4.18. The van der Waals surface area contributed by atoms with Gasteiger partial charge in [-0.05, 0) is 29.8 Å². The third kappa shape index (κ3) is 1.72. The van der Waals surface area contributed by atoms with E-state index in [1.165, 1.54) is 0 Å². The molecule has 15 heavy (non-hydrogen) atoms. The molecule has 0 atom stereocenters. The Hall–Kier alpha value is -1.08. The van der Waals surface area contributed by atoms with Gasteiger partial charge in [0.05, 0.1) is 11.8 Å². The number of aromatic nitrogens is 2. The smallest absolute Gasteiger partial charge is 0.177 e. The molecule has 0 fully saturated rings. The van der Waals surface area contributed by atoms with Crippen molar-refractivity contribution in [2.75, 3.05) is 0 Å². The number of nitrogens with zero attached hydrogens (tertiary/aromatic N) is 4. The van der Waals surface area contributed by atoms with E-state index in [2.05, 4.69) is 51.0 Å². The molecule has 1 aromatic rings. The van der Waals surface area contributed by atoms with Gasteiger partial charge in [-0.3, -0.25) is 9.69 Å². The van der Waals surface area contributed by atoms with Crippen molar-refractivity contribution in [3.63, 3.8) is 0 Å². The van der Waals surface area contributed by atoms with Crippen LogP contribution in [-0.2, 0) is 7.05 Å².